The highest BCUT2D eigenvalue weighted by atomic mass is 32.2. The van der Waals surface area contributed by atoms with Crippen LogP contribution in [0.25, 0.3) is 0 Å². The van der Waals surface area contributed by atoms with Crippen molar-refractivity contribution in [3.63, 3.8) is 0 Å². The molecule has 0 unspecified atom stereocenters. The first-order chi connectivity index (χ1) is 13.2. The third kappa shape index (κ3) is 4.07. The van der Waals surface area contributed by atoms with Gasteiger partial charge in [0.1, 0.15) is 11.1 Å². The summed E-state index contributed by atoms with van der Waals surface area (Å²) in [5.74, 6) is 0.545. The van der Waals surface area contributed by atoms with Crippen molar-refractivity contribution >= 4 is 23.7 Å². The van der Waals surface area contributed by atoms with E-state index in [1.807, 2.05) is 6.07 Å². The number of non-ortho nitro benzene ring substituents is 1. The molecule has 6 nitrogen and oxygen atoms in total. The molecule has 7 heteroatoms. The zero-order chi connectivity index (χ0) is 20.5. The number of nitro groups is 1. The highest BCUT2D eigenvalue weighted by molar-refractivity contribution is 7.99. The molecule has 1 atom stereocenters. The van der Waals surface area contributed by atoms with E-state index >= 15 is 0 Å². The topological polar surface area (TPSA) is 96.9 Å². The molecule has 1 aliphatic rings. The van der Waals surface area contributed by atoms with Crippen LogP contribution in [-0.4, -0.2) is 16.2 Å². The summed E-state index contributed by atoms with van der Waals surface area (Å²) in [6.07, 6.45) is 3.41. The van der Waals surface area contributed by atoms with Crippen LogP contribution in [0, 0.1) is 32.8 Å². The smallest absolute Gasteiger partial charge is 0.270 e. The van der Waals surface area contributed by atoms with Gasteiger partial charge in [-0.3, -0.25) is 14.9 Å². The van der Waals surface area contributed by atoms with Gasteiger partial charge in [-0.2, -0.15) is 5.26 Å². The Labute approximate surface area is 168 Å². The molecule has 0 fully saturated rings. The van der Waals surface area contributed by atoms with Crippen LogP contribution in [0.2, 0.25) is 0 Å². The number of rotatable bonds is 4. The number of hydrogen-bond donors (Lipinski definition) is 0. The fourth-order valence-corrected chi connectivity index (χ4v) is 4.42. The lowest BCUT2D eigenvalue weighted by Gasteiger charge is -2.34. The van der Waals surface area contributed by atoms with E-state index in [0.717, 1.165) is 30.5 Å². The van der Waals surface area contributed by atoms with Crippen LogP contribution in [0.4, 0.5) is 5.69 Å². The van der Waals surface area contributed by atoms with Crippen LogP contribution in [0.3, 0.4) is 0 Å². The minimum Gasteiger partial charge on any atom is -0.298 e. The molecule has 0 amide bonds. The van der Waals surface area contributed by atoms with E-state index in [0.29, 0.717) is 27.7 Å². The SMILES string of the molecule is CC(C)(C)[C@H]1CCc2nc(Sc3ccc([N+](=O)[O-])cc3C=O)c(C#N)cc2C1. The van der Waals surface area contributed by atoms with Crippen molar-refractivity contribution in [3.05, 3.63) is 56.8 Å². The normalized spacial score (nSPS) is 16.1. The maximum Gasteiger partial charge on any atom is 0.270 e. The van der Waals surface area contributed by atoms with Crippen LogP contribution in [0.15, 0.2) is 34.2 Å². The molecule has 0 spiro atoms. The maximum absolute atomic E-state index is 11.4. The zero-order valence-corrected chi connectivity index (χ0v) is 16.9. The highest BCUT2D eigenvalue weighted by Crippen LogP contribution is 2.39. The van der Waals surface area contributed by atoms with Gasteiger partial charge in [-0.1, -0.05) is 32.5 Å². The average Bonchev–Trinajstić information content (AvgIpc) is 2.66. The summed E-state index contributed by atoms with van der Waals surface area (Å²) in [5.41, 5.74) is 2.86. The summed E-state index contributed by atoms with van der Waals surface area (Å²) in [4.78, 5) is 27.0. The molecule has 144 valence electrons. The molecule has 0 N–H and O–H groups in total. The molecule has 0 radical (unpaired) electrons. The number of pyridine rings is 1. The van der Waals surface area contributed by atoms with Gasteiger partial charge in [0.25, 0.3) is 5.69 Å². The quantitative estimate of drug-likeness (QED) is 0.412. The second kappa shape index (κ2) is 7.72. The number of nitriles is 1. The monoisotopic (exact) mass is 395 g/mol. The van der Waals surface area contributed by atoms with Crippen LogP contribution in [0.5, 0.6) is 0 Å². The minimum atomic E-state index is -0.537. The van der Waals surface area contributed by atoms with Gasteiger partial charge in [-0.15, -0.1) is 0 Å². The molecule has 2 aromatic rings. The molecule has 1 aromatic heterocycles. The summed E-state index contributed by atoms with van der Waals surface area (Å²) in [6, 6.07) is 8.25. The van der Waals surface area contributed by atoms with E-state index in [2.05, 4.69) is 26.8 Å². The Morgan fingerprint density at radius 1 is 1.36 bits per heavy atom. The number of carbonyl (C=O) groups is 1. The number of aldehydes is 1. The highest BCUT2D eigenvalue weighted by Gasteiger charge is 2.30. The number of fused-ring (bicyclic) bond motifs is 1. The first-order valence-electron chi connectivity index (χ1n) is 9.07. The van der Waals surface area contributed by atoms with E-state index in [4.69, 9.17) is 4.98 Å². The summed E-state index contributed by atoms with van der Waals surface area (Å²) in [7, 11) is 0. The third-order valence-electron chi connectivity index (χ3n) is 5.24. The van der Waals surface area contributed by atoms with Crippen molar-refractivity contribution in [2.24, 2.45) is 11.3 Å². The zero-order valence-electron chi connectivity index (χ0n) is 16.1. The Balaban J connectivity index is 1.96. The number of aromatic nitrogens is 1. The first-order valence-corrected chi connectivity index (χ1v) is 9.89. The van der Waals surface area contributed by atoms with Gasteiger partial charge in [-0.25, -0.2) is 4.98 Å². The van der Waals surface area contributed by atoms with E-state index in [1.165, 1.54) is 30.0 Å². The predicted octanol–water partition coefficient (Wildman–Crippen LogP) is 4.98. The van der Waals surface area contributed by atoms with E-state index < -0.39 is 4.92 Å². The Morgan fingerprint density at radius 2 is 2.11 bits per heavy atom. The summed E-state index contributed by atoms with van der Waals surface area (Å²) < 4.78 is 0. The molecule has 0 bridgehead atoms. The van der Waals surface area contributed by atoms with Crippen molar-refractivity contribution in [1.29, 1.82) is 5.26 Å². The molecule has 28 heavy (non-hydrogen) atoms. The average molecular weight is 395 g/mol. The Hall–Kier alpha value is -2.72. The lowest BCUT2D eigenvalue weighted by molar-refractivity contribution is -0.384. The van der Waals surface area contributed by atoms with Crippen molar-refractivity contribution in [2.45, 2.75) is 50.0 Å². The first kappa shape index (κ1) is 20.0. The van der Waals surface area contributed by atoms with Gasteiger partial charge < -0.3 is 0 Å². The molecule has 0 saturated carbocycles. The van der Waals surface area contributed by atoms with Gasteiger partial charge in [0.15, 0.2) is 6.29 Å². The maximum atomic E-state index is 11.4. The van der Waals surface area contributed by atoms with Gasteiger partial charge in [0, 0.05) is 28.3 Å². The van der Waals surface area contributed by atoms with Gasteiger partial charge in [-0.05, 0) is 48.3 Å². The van der Waals surface area contributed by atoms with E-state index in [-0.39, 0.29) is 16.7 Å². The molecule has 3 rings (SSSR count). The molecule has 0 saturated heterocycles. The standard InChI is InChI=1S/C21H21N3O3S/c1-21(2,3)16-4-6-18-13(9-16)8-14(11-22)20(23-18)28-19-7-5-17(24(26)27)10-15(19)12-25/h5,7-8,10,12,16H,4,6,9H2,1-3H3/t16-/m0/s1. The Bertz CT molecular complexity index is 990. The molecular formula is C21H21N3O3S. The fraction of sp³-hybridized carbons (Fsp3) is 0.381. The largest absolute Gasteiger partial charge is 0.298 e. The molecule has 0 aliphatic heterocycles. The van der Waals surface area contributed by atoms with E-state index in [1.54, 1.807) is 0 Å². The second-order valence-electron chi connectivity index (χ2n) is 8.06. The van der Waals surface area contributed by atoms with Crippen molar-refractivity contribution in [1.82, 2.24) is 4.98 Å². The van der Waals surface area contributed by atoms with E-state index in [9.17, 15) is 20.2 Å². The number of nitrogens with zero attached hydrogens (tertiary/aromatic N) is 3. The summed E-state index contributed by atoms with van der Waals surface area (Å²) in [6.45, 7) is 6.71. The lowest BCUT2D eigenvalue weighted by atomic mass is 9.71. The van der Waals surface area contributed by atoms with Crippen molar-refractivity contribution in [3.8, 4) is 6.07 Å². The number of nitro benzene ring substituents is 1. The number of hydrogen-bond acceptors (Lipinski definition) is 6. The Kier molecular flexibility index (Phi) is 5.52. The number of carbonyl (C=O) groups excluding carboxylic acids is 1. The summed E-state index contributed by atoms with van der Waals surface area (Å²) in [5, 5.41) is 21.1. The van der Waals surface area contributed by atoms with Crippen LogP contribution in [-0.2, 0) is 12.8 Å². The van der Waals surface area contributed by atoms with Crippen LogP contribution >= 0.6 is 11.8 Å². The third-order valence-corrected chi connectivity index (χ3v) is 6.33. The van der Waals surface area contributed by atoms with Crippen molar-refractivity contribution < 1.29 is 9.72 Å². The molecule has 1 aromatic carbocycles. The molecule has 1 aliphatic carbocycles. The second-order valence-corrected chi connectivity index (χ2v) is 9.09. The van der Waals surface area contributed by atoms with Crippen molar-refractivity contribution in [2.75, 3.05) is 0 Å². The molecule has 1 heterocycles. The minimum absolute atomic E-state index is 0.140. The summed E-state index contributed by atoms with van der Waals surface area (Å²) >= 11 is 1.20. The van der Waals surface area contributed by atoms with Gasteiger partial charge in [0.05, 0.1) is 10.5 Å². The van der Waals surface area contributed by atoms with Gasteiger partial charge in [0.2, 0.25) is 0 Å². The van der Waals surface area contributed by atoms with Crippen LogP contribution < -0.4 is 0 Å². The fourth-order valence-electron chi connectivity index (χ4n) is 3.48. The van der Waals surface area contributed by atoms with Gasteiger partial charge >= 0.3 is 0 Å². The predicted molar refractivity (Wildman–Crippen MR) is 107 cm³/mol. The Morgan fingerprint density at radius 3 is 2.71 bits per heavy atom. The number of benzene rings is 1. The van der Waals surface area contributed by atoms with Crippen LogP contribution in [0.1, 0.15) is 54.4 Å². The lowest BCUT2D eigenvalue weighted by Crippen LogP contribution is -2.27. The molecular weight excluding hydrogens is 374 g/mol. The number of aryl methyl sites for hydroxylation is 1.